The first-order chi connectivity index (χ1) is 14.9. The first kappa shape index (κ1) is 32.8. The van der Waals surface area contributed by atoms with Crippen molar-refractivity contribution in [1.29, 1.82) is 0 Å². The summed E-state index contributed by atoms with van der Waals surface area (Å²) in [5.74, 6) is 0. The number of rotatable bonds is 0. The Morgan fingerprint density at radius 1 is 0.412 bits per heavy atom. The van der Waals surface area contributed by atoms with Crippen molar-refractivity contribution in [1.82, 2.24) is 0 Å². The van der Waals surface area contributed by atoms with Crippen molar-refractivity contribution >= 4 is 8.60 Å². The molecule has 0 spiro atoms. The van der Waals surface area contributed by atoms with Crippen molar-refractivity contribution in [2.45, 2.75) is 119 Å². The van der Waals surface area contributed by atoms with E-state index in [9.17, 15) is 0 Å². The van der Waals surface area contributed by atoms with Crippen LogP contribution in [-0.4, -0.2) is 14.7 Å². The number of aryl methyl sites for hydroxylation is 2. The molecule has 0 bridgehead atoms. The molecule has 194 valence electrons. The molecule has 0 saturated carbocycles. The minimum Gasteiger partial charge on any atom is -0.328 e. The van der Waals surface area contributed by atoms with Gasteiger partial charge in [0.15, 0.2) is 0 Å². The molecule has 0 aliphatic heterocycles. The molecule has 0 radical (unpaired) electrons. The summed E-state index contributed by atoms with van der Waals surface area (Å²) in [4.78, 5) is 21.7. The van der Waals surface area contributed by atoms with Gasteiger partial charge in [-0.25, -0.2) is 0 Å². The van der Waals surface area contributed by atoms with E-state index in [2.05, 4.69) is 133 Å². The molecule has 34 heavy (non-hydrogen) atoms. The molecule has 4 heteroatoms. The number of hydrogen-bond donors (Lipinski definition) is 3. The largest absolute Gasteiger partial charge is 0.328 e. The summed E-state index contributed by atoms with van der Waals surface area (Å²) in [6.07, 6.45) is 0. The molecule has 0 atom stereocenters. The van der Waals surface area contributed by atoms with E-state index in [4.69, 9.17) is 14.7 Å². The Morgan fingerprint density at radius 3 is 0.676 bits per heavy atom. The Balaban J connectivity index is 0.000000554. The average Bonchev–Trinajstić information content (AvgIpc) is 2.57. The molecule has 0 fully saturated rings. The molecule has 3 N–H and O–H groups in total. The van der Waals surface area contributed by atoms with Gasteiger partial charge in [0.2, 0.25) is 0 Å². The van der Waals surface area contributed by atoms with Crippen molar-refractivity contribution in [2.24, 2.45) is 0 Å². The molecule has 2 aromatic rings. The van der Waals surface area contributed by atoms with Crippen molar-refractivity contribution < 1.29 is 14.7 Å². The molecule has 0 aliphatic rings. The molecule has 2 aromatic carbocycles. The fraction of sp³-hybridized carbons (Fsp3) is 0.600. The van der Waals surface area contributed by atoms with Gasteiger partial charge < -0.3 is 14.7 Å². The second-order valence-electron chi connectivity index (χ2n) is 13.4. The van der Waals surface area contributed by atoms with Gasteiger partial charge in [-0.15, -0.1) is 0 Å². The molecular formula is C30H51O3P. The second-order valence-corrected chi connectivity index (χ2v) is 14.0. The van der Waals surface area contributed by atoms with Crippen molar-refractivity contribution in [3.63, 3.8) is 0 Å². The van der Waals surface area contributed by atoms with Gasteiger partial charge in [0.25, 0.3) is 0 Å². The van der Waals surface area contributed by atoms with Crippen LogP contribution in [-0.2, 0) is 21.7 Å². The summed E-state index contributed by atoms with van der Waals surface area (Å²) < 4.78 is 0. The van der Waals surface area contributed by atoms with Crippen molar-refractivity contribution in [3.05, 3.63) is 69.8 Å². The number of benzene rings is 2. The molecule has 0 aliphatic carbocycles. The summed E-state index contributed by atoms with van der Waals surface area (Å²) in [7, 11) is -2.62. The fourth-order valence-corrected chi connectivity index (χ4v) is 3.30. The number of hydrogen-bond acceptors (Lipinski definition) is 3. The van der Waals surface area contributed by atoms with E-state index in [0.29, 0.717) is 0 Å². The van der Waals surface area contributed by atoms with Crippen LogP contribution in [0.5, 0.6) is 0 Å². The Morgan fingerprint density at radius 2 is 0.559 bits per heavy atom. The van der Waals surface area contributed by atoms with E-state index in [1.807, 2.05) is 0 Å². The van der Waals surface area contributed by atoms with Gasteiger partial charge in [-0.2, -0.15) is 0 Å². The van der Waals surface area contributed by atoms with Crippen LogP contribution in [0.4, 0.5) is 0 Å². The maximum atomic E-state index is 7.23. The van der Waals surface area contributed by atoms with Gasteiger partial charge in [-0.3, -0.25) is 0 Å². The van der Waals surface area contributed by atoms with Gasteiger partial charge in [0, 0.05) is 0 Å². The highest BCUT2D eigenvalue weighted by molar-refractivity contribution is 7.38. The SMILES string of the molecule is Cc1cc(C(C)(C)C)cc(C(C)(C)C)c1.Cc1cc(C(C)(C)C)cc(C(C)(C)C)c1.OP(O)O. The molecule has 0 saturated heterocycles. The summed E-state index contributed by atoms with van der Waals surface area (Å²) in [5.41, 5.74) is 9.45. The summed E-state index contributed by atoms with van der Waals surface area (Å²) >= 11 is 0. The van der Waals surface area contributed by atoms with E-state index in [1.54, 1.807) is 0 Å². The molecule has 0 amide bonds. The quantitative estimate of drug-likeness (QED) is 0.325. The normalized spacial score (nSPS) is 12.5. The lowest BCUT2D eigenvalue weighted by molar-refractivity contribution is 0.368. The van der Waals surface area contributed by atoms with Crippen LogP contribution in [0.25, 0.3) is 0 Å². The molecular weight excluding hydrogens is 439 g/mol. The lowest BCUT2D eigenvalue weighted by Gasteiger charge is -2.25. The van der Waals surface area contributed by atoms with E-state index in [-0.39, 0.29) is 21.7 Å². The molecule has 0 heterocycles. The van der Waals surface area contributed by atoms with E-state index < -0.39 is 8.60 Å². The Kier molecular flexibility index (Phi) is 11.7. The monoisotopic (exact) mass is 490 g/mol. The Labute approximate surface area is 211 Å². The summed E-state index contributed by atoms with van der Waals surface area (Å²) in [6, 6.07) is 13.9. The minimum absolute atomic E-state index is 0.242. The van der Waals surface area contributed by atoms with Crippen LogP contribution in [0, 0.1) is 13.8 Å². The molecule has 3 nitrogen and oxygen atoms in total. The Hall–Kier alpha value is -1.25. The third kappa shape index (κ3) is 12.5. The van der Waals surface area contributed by atoms with Crippen LogP contribution in [0.15, 0.2) is 36.4 Å². The zero-order valence-corrected chi connectivity index (χ0v) is 25.1. The van der Waals surface area contributed by atoms with Crippen LogP contribution < -0.4 is 0 Å². The van der Waals surface area contributed by atoms with E-state index in [0.717, 1.165) is 0 Å². The van der Waals surface area contributed by atoms with Gasteiger partial charge in [0.05, 0.1) is 0 Å². The minimum atomic E-state index is -2.62. The summed E-state index contributed by atoms with van der Waals surface area (Å²) in [5, 5.41) is 0. The van der Waals surface area contributed by atoms with Gasteiger partial charge in [0.1, 0.15) is 0 Å². The van der Waals surface area contributed by atoms with Gasteiger partial charge >= 0.3 is 8.60 Å². The lowest BCUT2D eigenvalue weighted by Crippen LogP contribution is -2.16. The zero-order chi connectivity index (χ0) is 27.3. The maximum Gasteiger partial charge on any atom is 0.324 e. The first-order valence-corrected chi connectivity index (χ1v) is 13.3. The highest BCUT2D eigenvalue weighted by atomic mass is 31.2. The maximum absolute atomic E-state index is 7.23. The van der Waals surface area contributed by atoms with Gasteiger partial charge in [-0.1, -0.05) is 131 Å². The topological polar surface area (TPSA) is 60.7 Å². The second kappa shape index (κ2) is 12.1. The first-order valence-electron chi connectivity index (χ1n) is 12.1. The molecule has 2 rings (SSSR count). The standard InChI is InChI=1S/2C15H24.H3O3P/c2*1-11-8-12(14(2,3)4)10-13(9-11)15(5,6)7;1-4(2)3/h2*8-10H,1-7H3;1-3H. The zero-order valence-electron chi connectivity index (χ0n) is 24.3. The third-order valence-corrected chi connectivity index (χ3v) is 5.62. The lowest BCUT2D eigenvalue weighted by atomic mass is 9.80. The van der Waals surface area contributed by atoms with E-state index in [1.165, 1.54) is 33.4 Å². The smallest absolute Gasteiger partial charge is 0.324 e. The predicted molar refractivity (Wildman–Crippen MR) is 151 cm³/mol. The van der Waals surface area contributed by atoms with Crippen LogP contribution in [0.2, 0.25) is 0 Å². The Bertz CT molecular complexity index is 762. The van der Waals surface area contributed by atoms with Crippen molar-refractivity contribution in [3.8, 4) is 0 Å². The van der Waals surface area contributed by atoms with Gasteiger partial charge in [-0.05, 0) is 57.8 Å². The van der Waals surface area contributed by atoms with Crippen LogP contribution >= 0.6 is 8.60 Å². The van der Waals surface area contributed by atoms with Crippen LogP contribution in [0.1, 0.15) is 116 Å². The average molecular weight is 491 g/mol. The molecule has 0 aromatic heterocycles. The summed E-state index contributed by atoms with van der Waals surface area (Å²) in [6.45, 7) is 31.6. The third-order valence-electron chi connectivity index (χ3n) is 5.62. The van der Waals surface area contributed by atoms with Crippen LogP contribution in [0.3, 0.4) is 0 Å². The van der Waals surface area contributed by atoms with Crippen molar-refractivity contribution in [2.75, 3.05) is 0 Å². The molecule has 0 unspecified atom stereocenters. The fourth-order valence-electron chi connectivity index (χ4n) is 3.30. The highest BCUT2D eigenvalue weighted by Gasteiger charge is 2.20. The highest BCUT2D eigenvalue weighted by Crippen LogP contribution is 2.31. The van der Waals surface area contributed by atoms with E-state index >= 15 is 0 Å². The predicted octanol–water partition coefficient (Wildman–Crippen LogP) is 8.37.